The Labute approximate surface area is 171 Å². The summed E-state index contributed by atoms with van der Waals surface area (Å²) in [5.41, 5.74) is 1.98. The third-order valence-electron chi connectivity index (χ3n) is 4.72. The van der Waals surface area contributed by atoms with Gasteiger partial charge in [-0.15, -0.1) is 11.3 Å². The summed E-state index contributed by atoms with van der Waals surface area (Å²) in [7, 11) is 0. The highest BCUT2D eigenvalue weighted by atomic mass is 32.2. The van der Waals surface area contributed by atoms with E-state index in [1.807, 2.05) is 23.6 Å². The molecule has 8 heteroatoms. The van der Waals surface area contributed by atoms with Crippen molar-refractivity contribution >= 4 is 29.0 Å². The van der Waals surface area contributed by atoms with E-state index in [-0.39, 0.29) is 17.3 Å². The highest BCUT2D eigenvalue weighted by Crippen LogP contribution is 2.29. The summed E-state index contributed by atoms with van der Waals surface area (Å²) in [4.78, 5) is 30.3. The van der Waals surface area contributed by atoms with Gasteiger partial charge >= 0.3 is 5.69 Å². The molecular formula is C20H21N3O3S2. The number of hydrogen-bond donors (Lipinski definition) is 1. The van der Waals surface area contributed by atoms with Crippen LogP contribution in [0.2, 0.25) is 0 Å². The molecule has 0 atom stereocenters. The molecule has 146 valence electrons. The molecule has 1 N–H and O–H groups in total. The Hall–Kier alpha value is -2.32. The fraction of sp³-hybridized carbons (Fsp3) is 0.350. The average molecular weight is 416 g/mol. The fourth-order valence-electron chi connectivity index (χ4n) is 3.37. The van der Waals surface area contributed by atoms with Gasteiger partial charge in [0.25, 0.3) is 0 Å². The number of nitrogens with zero attached hydrogens (tertiary/aromatic N) is 2. The summed E-state index contributed by atoms with van der Waals surface area (Å²) in [5, 5.41) is 5.55. The van der Waals surface area contributed by atoms with Gasteiger partial charge in [0.1, 0.15) is 10.8 Å². The van der Waals surface area contributed by atoms with Crippen LogP contribution in [0.25, 0.3) is 0 Å². The maximum Gasteiger partial charge on any atom is 0.349 e. The highest BCUT2D eigenvalue weighted by Gasteiger charge is 2.21. The van der Waals surface area contributed by atoms with E-state index in [0.717, 1.165) is 41.8 Å². The Kier molecular flexibility index (Phi) is 5.97. The van der Waals surface area contributed by atoms with Crippen LogP contribution in [-0.4, -0.2) is 21.2 Å². The number of fused-ring (bicyclic) bond motifs is 1. The molecule has 1 aliphatic rings. The number of thiophene rings is 1. The molecule has 0 fully saturated rings. The van der Waals surface area contributed by atoms with Gasteiger partial charge in [-0.05, 0) is 49.3 Å². The molecule has 0 saturated heterocycles. The lowest BCUT2D eigenvalue weighted by molar-refractivity contribution is -0.118. The van der Waals surface area contributed by atoms with Gasteiger partial charge in [0.15, 0.2) is 0 Å². The molecule has 0 unspecified atom stereocenters. The van der Waals surface area contributed by atoms with Crippen molar-refractivity contribution in [1.82, 2.24) is 14.9 Å². The van der Waals surface area contributed by atoms with Gasteiger partial charge in [-0.3, -0.25) is 9.36 Å². The van der Waals surface area contributed by atoms with Crippen LogP contribution >= 0.6 is 23.1 Å². The molecule has 0 bridgehead atoms. The minimum atomic E-state index is -0.229. The number of hydrogen-bond acceptors (Lipinski definition) is 6. The first-order valence-electron chi connectivity index (χ1n) is 9.27. The molecule has 1 aliphatic carbocycles. The van der Waals surface area contributed by atoms with Gasteiger partial charge < -0.3 is 9.73 Å². The molecule has 1 amide bonds. The van der Waals surface area contributed by atoms with Gasteiger partial charge in [0.2, 0.25) is 5.91 Å². The Morgan fingerprint density at radius 2 is 2.18 bits per heavy atom. The zero-order valence-corrected chi connectivity index (χ0v) is 17.0. The minimum absolute atomic E-state index is 0.101. The molecule has 0 aliphatic heterocycles. The lowest BCUT2D eigenvalue weighted by Crippen LogP contribution is -2.31. The number of amides is 1. The molecule has 0 spiro atoms. The standard InChI is InChI=1S/C20H21N3O3S2/c24-18(21-11-14-5-3-9-26-14)13-28-19-16-7-1-2-8-17(16)23(20(25)22-19)12-15-6-4-10-27-15/h3-6,9-10H,1-2,7-8,11-13H2,(H,21,24). The van der Waals surface area contributed by atoms with Crippen LogP contribution < -0.4 is 11.0 Å². The first-order valence-corrected chi connectivity index (χ1v) is 11.1. The number of nitrogens with one attached hydrogen (secondary N) is 1. The second-order valence-electron chi connectivity index (χ2n) is 6.64. The molecule has 0 radical (unpaired) electrons. The van der Waals surface area contributed by atoms with Gasteiger partial charge in [0.05, 0.1) is 25.1 Å². The minimum Gasteiger partial charge on any atom is -0.467 e. The predicted octanol–water partition coefficient (Wildman–Crippen LogP) is 3.23. The second-order valence-corrected chi connectivity index (χ2v) is 8.64. The topological polar surface area (TPSA) is 77.1 Å². The molecule has 0 saturated carbocycles. The van der Waals surface area contributed by atoms with E-state index in [4.69, 9.17) is 4.42 Å². The van der Waals surface area contributed by atoms with Crippen molar-refractivity contribution in [1.29, 1.82) is 0 Å². The average Bonchev–Trinajstić information content (AvgIpc) is 3.41. The monoisotopic (exact) mass is 415 g/mol. The van der Waals surface area contributed by atoms with Crippen molar-refractivity contribution in [2.45, 2.75) is 43.8 Å². The maximum atomic E-state index is 12.7. The first kappa shape index (κ1) is 19.0. The van der Waals surface area contributed by atoms with E-state index < -0.39 is 0 Å². The maximum absolute atomic E-state index is 12.7. The van der Waals surface area contributed by atoms with E-state index >= 15 is 0 Å². The van der Waals surface area contributed by atoms with Gasteiger partial charge in [-0.25, -0.2) is 4.79 Å². The summed E-state index contributed by atoms with van der Waals surface area (Å²) in [6, 6.07) is 7.64. The molecule has 3 heterocycles. The van der Waals surface area contributed by atoms with Gasteiger partial charge in [-0.1, -0.05) is 17.8 Å². The van der Waals surface area contributed by atoms with Crippen LogP contribution in [0.5, 0.6) is 0 Å². The third kappa shape index (κ3) is 4.39. The number of carbonyl (C=O) groups excluding carboxylic acids is 1. The Morgan fingerprint density at radius 1 is 1.29 bits per heavy atom. The second kappa shape index (κ2) is 8.79. The first-order chi connectivity index (χ1) is 13.7. The zero-order chi connectivity index (χ0) is 19.3. The zero-order valence-electron chi connectivity index (χ0n) is 15.3. The largest absolute Gasteiger partial charge is 0.467 e. The number of furan rings is 1. The SMILES string of the molecule is O=C(CSc1nc(=O)n(Cc2cccs2)c2c1CCCC2)NCc1ccco1. The van der Waals surface area contributed by atoms with Crippen molar-refractivity contribution in [2.24, 2.45) is 0 Å². The molecule has 3 aromatic rings. The molecule has 6 nitrogen and oxygen atoms in total. The number of rotatable bonds is 7. The van der Waals surface area contributed by atoms with Crippen LogP contribution in [0.4, 0.5) is 0 Å². The highest BCUT2D eigenvalue weighted by molar-refractivity contribution is 7.99. The van der Waals surface area contributed by atoms with Crippen LogP contribution in [0.15, 0.2) is 50.1 Å². The van der Waals surface area contributed by atoms with Crippen LogP contribution in [0, 0.1) is 0 Å². The van der Waals surface area contributed by atoms with Gasteiger partial charge in [-0.2, -0.15) is 4.98 Å². The summed E-state index contributed by atoms with van der Waals surface area (Å²) in [6.07, 6.45) is 5.54. The van der Waals surface area contributed by atoms with Crippen molar-refractivity contribution in [3.8, 4) is 0 Å². The molecule has 4 rings (SSSR count). The normalized spacial score (nSPS) is 13.3. The molecule has 0 aromatic carbocycles. The van der Waals surface area contributed by atoms with Gasteiger partial charge in [0, 0.05) is 16.1 Å². The van der Waals surface area contributed by atoms with E-state index in [1.165, 1.54) is 11.8 Å². The number of carbonyl (C=O) groups is 1. The molecule has 28 heavy (non-hydrogen) atoms. The van der Waals surface area contributed by atoms with Crippen molar-refractivity contribution < 1.29 is 9.21 Å². The summed E-state index contributed by atoms with van der Waals surface area (Å²) >= 11 is 2.99. The van der Waals surface area contributed by atoms with Crippen molar-refractivity contribution in [3.05, 3.63) is 68.3 Å². The van der Waals surface area contributed by atoms with Crippen LogP contribution in [0.3, 0.4) is 0 Å². The lowest BCUT2D eigenvalue weighted by atomic mass is 9.97. The summed E-state index contributed by atoms with van der Waals surface area (Å²) < 4.78 is 7.02. The van der Waals surface area contributed by atoms with Crippen molar-refractivity contribution in [2.75, 3.05) is 5.75 Å². The Balaban J connectivity index is 1.48. The third-order valence-corrected chi connectivity index (χ3v) is 6.60. The number of aromatic nitrogens is 2. The van der Waals surface area contributed by atoms with E-state index in [2.05, 4.69) is 10.3 Å². The smallest absolute Gasteiger partial charge is 0.349 e. The van der Waals surface area contributed by atoms with E-state index in [1.54, 1.807) is 28.2 Å². The molecule has 3 aromatic heterocycles. The van der Waals surface area contributed by atoms with E-state index in [9.17, 15) is 9.59 Å². The predicted molar refractivity (Wildman–Crippen MR) is 110 cm³/mol. The molecular weight excluding hydrogens is 394 g/mol. The van der Waals surface area contributed by atoms with E-state index in [0.29, 0.717) is 23.9 Å². The van der Waals surface area contributed by atoms with Crippen molar-refractivity contribution in [3.63, 3.8) is 0 Å². The Morgan fingerprint density at radius 3 is 2.96 bits per heavy atom. The lowest BCUT2D eigenvalue weighted by Gasteiger charge is -2.22. The fourth-order valence-corrected chi connectivity index (χ4v) is 4.97. The van der Waals surface area contributed by atoms with Crippen LogP contribution in [-0.2, 0) is 30.7 Å². The summed E-state index contributed by atoms with van der Waals surface area (Å²) in [6.45, 7) is 0.931. The Bertz CT molecular complexity index is 995. The quantitative estimate of drug-likeness (QED) is 0.474. The number of thioether (sulfide) groups is 1. The van der Waals surface area contributed by atoms with Crippen LogP contribution in [0.1, 0.15) is 34.7 Å². The summed E-state index contributed by atoms with van der Waals surface area (Å²) in [5.74, 6) is 0.842.